The topological polar surface area (TPSA) is 242 Å². The molecule has 18 nitrogen and oxygen atoms in total. The van der Waals surface area contributed by atoms with Gasteiger partial charge in [0.05, 0.1) is 23.7 Å². The maximum atomic E-state index is 13.4. The number of anilines is 2. The Hall–Kier alpha value is -5.58. The van der Waals surface area contributed by atoms with Crippen molar-refractivity contribution in [3.63, 3.8) is 0 Å². The molecule has 5 rings (SSSR count). The SMILES string of the molecule is CC(C)(C)OP(=O)(CCC(=O)NCCNc1nc(N)c2ncn(CC(=O)N(CCNC(=O)OCC3c4ccccc4-c4ccccc43)CC(=O)O)c2n1)OC(C)(C)C. The fraction of sp³-hybridized carbons (Fsp3) is 0.462. The van der Waals surface area contributed by atoms with Crippen LogP contribution in [-0.2, 0) is 39.3 Å². The Morgan fingerprint density at radius 3 is 2.12 bits per heavy atom. The van der Waals surface area contributed by atoms with Gasteiger partial charge in [0.2, 0.25) is 17.8 Å². The predicted molar refractivity (Wildman–Crippen MR) is 217 cm³/mol. The van der Waals surface area contributed by atoms with Crippen LogP contribution in [0.2, 0.25) is 0 Å². The summed E-state index contributed by atoms with van der Waals surface area (Å²) >= 11 is 0. The number of hydrogen-bond acceptors (Lipinski definition) is 13. The molecule has 6 N–H and O–H groups in total. The van der Waals surface area contributed by atoms with Crippen molar-refractivity contribution in [1.82, 2.24) is 35.1 Å². The Morgan fingerprint density at radius 1 is 0.897 bits per heavy atom. The summed E-state index contributed by atoms with van der Waals surface area (Å²) in [6, 6.07) is 15.9. The van der Waals surface area contributed by atoms with Crippen LogP contribution in [0, 0.1) is 0 Å². The Labute approximate surface area is 336 Å². The number of rotatable bonds is 18. The van der Waals surface area contributed by atoms with E-state index in [9.17, 15) is 28.8 Å². The molecule has 0 saturated heterocycles. The van der Waals surface area contributed by atoms with Gasteiger partial charge >= 0.3 is 19.7 Å². The van der Waals surface area contributed by atoms with E-state index in [0.29, 0.717) is 0 Å². The minimum atomic E-state index is -3.58. The normalized spacial score (nSPS) is 12.8. The van der Waals surface area contributed by atoms with Crippen molar-refractivity contribution in [2.75, 3.05) is 56.5 Å². The summed E-state index contributed by atoms with van der Waals surface area (Å²) in [7, 11) is -3.58. The van der Waals surface area contributed by atoms with Crippen molar-refractivity contribution in [2.45, 2.75) is 71.6 Å². The van der Waals surface area contributed by atoms with Crippen LogP contribution in [0.3, 0.4) is 0 Å². The molecule has 1 aliphatic rings. The number of aromatic nitrogens is 4. The summed E-state index contributed by atoms with van der Waals surface area (Å²) in [6.45, 7) is 9.93. The smallest absolute Gasteiger partial charge is 0.407 e. The molecule has 0 saturated carbocycles. The van der Waals surface area contributed by atoms with Crippen molar-refractivity contribution in [1.29, 1.82) is 0 Å². The number of carbonyl (C=O) groups excluding carboxylic acids is 3. The van der Waals surface area contributed by atoms with Gasteiger partial charge in [-0.15, -0.1) is 0 Å². The lowest BCUT2D eigenvalue weighted by Crippen LogP contribution is -2.42. The van der Waals surface area contributed by atoms with Gasteiger partial charge in [0, 0.05) is 38.5 Å². The van der Waals surface area contributed by atoms with Gasteiger partial charge in [-0.2, -0.15) is 9.97 Å². The molecule has 58 heavy (non-hydrogen) atoms. The zero-order valence-corrected chi connectivity index (χ0v) is 34.5. The number of carboxylic acids is 1. The first kappa shape index (κ1) is 43.5. The maximum absolute atomic E-state index is 13.4. The summed E-state index contributed by atoms with van der Waals surface area (Å²) in [4.78, 5) is 64.4. The number of benzene rings is 2. The third kappa shape index (κ3) is 12.0. The number of imidazole rings is 1. The van der Waals surface area contributed by atoms with Crippen LogP contribution in [0.1, 0.15) is 65.0 Å². The van der Waals surface area contributed by atoms with Gasteiger partial charge in [0.1, 0.15) is 25.2 Å². The summed E-state index contributed by atoms with van der Waals surface area (Å²) < 4.78 is 31.9. The highest BCUT2D eigenvalue weighted by atomic mass is 31.2. The standard InChI is InChI=1S/C39H52N9O9P/c1-38(2,3)56-58(54,57-39(4,5)6)20-15-30(49)41-16-17-42-36-45-34(40)33-35(46-36)48(24-44-33)21-31(50)47(22-32(51)52)19-18-43-37(53)55-23-29-27-13-9-7-11-25(27)26-12-8-10-14-28(26)29/h7-14,24,29H,15-23H2,1-6H3,(H,41,49)(H,43,53)(H,51,52)(H3,40,42,45,46). The van der Waals surface area contributed by atoms with E-state index in [4.69, 9.17) is 19.5 Å². The third-order valence-electron chi connectivity index (χ3n) is 8.64. The summed E-state index contributed by atoms with van der Waals surface area (Å²) in [5.41, 5.74) is 9.44. The molecular formula is C39H52N9O9P. The zero-order chi connectivity index (χ0) is 42.3. The molecule has 19 heteroatoms. The highest BCUT2D eigenvalue weighted by molar-refractivity contribution is 7.54. The molecule has 3 amide bonds. The highest BCUT2D eigenvalue weighted by Gasteiger charge is 2.35. The predicted octanol–water partition coefficient (Wildman–Crippen LogP) is 4.60. The van der Waals surface area contributed by atoms with E-state index in [-0.39, 0.29) is 86.7 Å². The molecule has 312 valence electrons. The number of ether oxygens (including phenoxy) is 1. The molecule has 0 atom stereocenters. The number of nitrogen functional groups attached to an aromatic ring is 1. The van der Waals surface area contributed by atoms with Gasteiger partial charge in [-0.25, -0.2) is 9.78 Å². The van der Waals surface area contributed by atoms with Crippen molar-refractivity contribution >= 4 is 54.4 Å². The van der Waals surface area contributed by atoms with Crippen molar-refractivity contribution in [3.8, 4) is 11.1 Å². The van der Waals surface area contributed by atoms with Crippen molar-refractivity contribution in [3.05, 3.63) is 66.0 Å². The van der Waals surface area contributed by atoms with E-state index in [1.54, 1.807) is 41.5 Å². The number of alkyl carbamates (subject to hydrolysis) is 1. The quantitative estimate of drug-likeness (QED) is 0.0681. The highest BCUT2D eigenvalue weighted by Crippen LogP contribution is 2.54. The van der Waals surface area contributed by atoms with E-state index in [1.165, 1.54) is 10.9 Å². The van der Waals surface area contributed by atoms with Crippen LogP contribution >= 0.6 is 7.60 Å². The first-order valence-corrected chi connectivity index (χ1v) is 20.6. The lowest BCUT2D eigenvalue weighted by molar-refractivity contribution is -0.144. The van der Waals surface area contributed by atoms with Gasteiger partial charge < -0.3 is 50.0 Å². The van der Waals surface area contributed by atoms with Crippen LogP contribution in [0.5, 0.6) is 0 Å². The van der Waals surface area contributed by atoms with Crippen LogP contribution in [0.25, 0.3) is 22.3 Å². The third-order valence-corrected chi connectivity index (χ3v) is 11.1. The molecule has 0 aliphatic heterocycles. The number of fused-ring (bicyclic) bond motifs is 4. The average molecular weight is 822 g/mol. The first-order chi connectivity index (χ1) is 27.3. The van der Waals surface area contributed by atoms with Crippen LogP contribution in [0.4, 0.5) is 16.6 Å². The number of hydrogen-bond donors (Lipinski definition) is 5. The van der Waals surface area contributed by atoms with Gasteiger partial charge in [-0.05, 0) is 63.8 Å². The Bertz CT molecular complexity index is 2120. The molecule has 4 aromatic rings. The number of nitrogens with one attached hydrogen (secondary N) is 3. The van der Waals surface area contributed by atoms with Gasteiger partial charge in [0.15, 0.2) is 11.5 Å². The second-order valence-electron chi connectivity index (χ2n) is 15.7. The molecular weight excluding hydrogens is 769 g/mol. The second kappa shape index (κ2) is 18.3. The molecule has 2 aromatic carbocycles. The minimum absolute atomic E-state index is 0.0332. The average Bonchev–Trinajstić information content (AvgIpc) is 3.68. The maximum Gasteiger partial charge on any atom is 0.407 e. The number of nitrogens with two attached hydrogens (primary N) is 1. The summed E-state index contributed by atoms with van der Waals surface area (Å²) in [6.07, 6.45) is 0.464. The molecule has 0 bridgehead atoms. The van der Waals surface area contributed by atoms with Crippen LogP contribution in [0.15, 0.2) is 54.9 Å². The number of nitrogens with zero attached hydrogens (tertiary/aromatic N) is 5. The molecule has 0 spiro atoms. The van der Waals surface area contributed by atoms with Crippen LogP contribution < -0.4 is 21.7 Å². The van der Waals surface area contributed by atoms with E-state index in [2.05, 4.69) is 30.9 Å². The fourth-order valence-electron chi connectivity index (χ4n) is 6.45. The summed E-state index contributed by atoms with van der Waals surface area (Å²) in [5, 5.41) is 17.9. The lowest BCUT2D eigenvalue weighted by atomic mass is 9.98. The number of amides is 3. The van der Waals surface area contributed by atoms with E-state index in [1.807, 2.05) is 48.5 Å². The number of carbonyl (C=O) groups is 4. The van der Waals surface area contributed by atoms with Crippen LogP contribution in [-0.4, -0.2) is 110 Å². The molecule has 1 aliphatic carbocycles. The lowest BCUT2D eigenvalue weighted by Gasteiger charge is -2.32. The molecule has 0 unspecified atom stereocenters. The van der Waals surface area contributed by atoms with E-state index in [0.717, 1.165) is 27.2 Å². The van der Waals surface area contributed by atoms with Gasteiger partial charge in [0.25, 0.3) is 0 Å². The fourth-order valence-corrected chi connectivity index (χ4v) is 8.82. The van der Waals surface area contributed by atoms with E-state index < -0.39 is 43.3 Å². The molecule has 2 aromatic heterocycles. The molecule has 2 heterocycles. The zero-order valence-electron chi connectivity index (χ0n) is 33.6. The monoisotopic (exact) mass is 821 g/mol. The Morgan fingerprint density at radius 2 is 1.52 bits per heavy atom. The van der Waals surface area contributed by atoms with Crippen molar-refractivity contribution in [2.24, 2.45) is 0 Å². The van der Waals surface area contributed by atoms with E-state index >= 15 is 0 Å². The van der Waals surface area contributed by atoms with Gasteiger partial charge in [-0.1, -0.05) is 48.5 Å². The van der Waals surface area contributed by atoms with Crippen molar-refractivity contribution < 1.29 is 42.6 Å². The number of aliphatic carboxylic acids is 1. The molecule has 0 fully saturated rings. The largest absolute Gasteiger partial charge is 0.480 e. The van der Waals surface area contributed by atoms with Gasteiger partial charge in [-0.3, -0.25) is 18.9 Å². The Kier molecular flexibility index (Phi) is 13.8. The molecule has 0 radical (unpaired) electrons. The number of carboxylic acid groups (broad SMARTS) is 1. The Balaban J connectivity index is 1.11. The second-order valence-corrected chi connectivity index (χ2v) is 17.7. The minimum Gasteiger partial charge on any atom is -0.480 e. The first-order valence-electron chi connectivity index (χ1n) is 18.9. The summed E-state index contributed by atoms with van der Waals surface area (Å²) in [5.74, 6) is -2.16.